The van der Waals surface area contributed by atoms with E-state index in [4.69, 9.17) is 9.47 Å². The van der Waals surface area contributed by atoms with Gasteiger partial charge in [0, 0.05) is 12.6 Å². The molecule has 0 aliphatic heterocycles. The van der Waals surface area contributed by atoms with E-state index >= 15 is 0 Å². The van der Waals surface area contributed by atoms with Crippen LogP contribution in [0.3, 0.4) is 0 Å². The van der Waals surface area contributed by atoms with Crippen molar-refractivity contribution in [1.29, 1.82) is 0 Å². The highest BCUT2D eigenvalue weighted by molar-refractivity contribution is 5.84. The second kappa shape index (κ2) is 8.27. The van der Waals surface area contributed by atoms with Crippen molar-refractivity contribution in [2.24, 2.45) is 7.05 Å². The van der Waals surface area contributed by atoms with Gasteiger partial charge in [0.2, 0.25) is 0 Å². The van der Waals surface area contributed by atoms with Gasteiger partial charge in [0.05, 0.1) is 11.6 Å². The van der Waals surface area contributed by atoms with Crippen LogP contribution in [0.4, 0.5) is 0 Å². The van der Waals surface area contributed by atoms with Gasteiger partial charge in [-0.2, -0.15) is 0 Å². The van der Waals surface area contributed by atoms with E-state index in [9.17, 15) is 4.79 Å². The molecule has 3 rings (SSSR count). The molecule has 0 aliphatic carbocycles. The van der Waals surface area contributed by atoms with E-state index in [0.717, 1.165) is 28.6 Å². The zero-order valence-electron chi connectivity index (χ0n) is 19.2. The minimum atomic E-state index is -0.531. The highest BCUT2D eigenvalue weighted by atomic mass is 16.6. The van der Waals surface area contributed by atoms with E-state index < -0.39 is 11.2 Å². The SMILES string of the molecule is CCC(C)OC(C)(C)C(C)(C)Oc1ccc(-c2cc3ccccc3n(C)c2=O)cc1. The van der Waals surface area contributed by atoms with Crippen LogP contribution in [-0.4, -0.2) is 21.9 Å². The lowest BCUT2D eigenvalue weighted by molar-refractivity contribution is -0.159. The number of para-hydroxylation sites is 1. The number of fused-ring (bicyclic) bond motifs is 1. The van der Waals surface area contributed by atoms with Gasteiger partial charge in [-0.1, -0.05) is 37.3 Å². The maximum Gasteiger partial charge on any atom is 0.258 e. The maximum absolute atomic E-state index is 12.9. The molecule has 1 unspecified atom stereocenters. The molecule has 0 spiro atoms. The van der Waals surface area contributed by atoms with Crippen LogP contribution in [0.2, 0.25) is 0 Å². The Balaban J connectivity index is 1.88. The Hall–Kier alpha value is -2.59. The number of aryl methyl sites for hydroxylation is 1. The Morgan fingerprint density at radius 2 is 1.60 bits per heavy atom. The van der Waals surface area contributed by atoms with Crippen LogP contribution in [0.15, 0.2) is 59.4 Å². The van der Waals surface area contributed by atoms with E-state index in [-0.39, 0.29) is 11.7 Å². The second-order valence-corrected chi connectivity index (χ2v) is 8.96. The first-order valence-electron chi connectivity index (χ1n) is 10.6. The van der Waals surface area contributed by atoms with Crippen LogP contribution in [0.5, 0.6) is 5.75 Å². The number of rotatable bonds is 7. The van der Waals surface area contributed by atoms with Crippen LogP contribution in [-0.2, 0) is 11.8 Å². The molecule has 30 heavy (non-hydrogen) atoms. The summed E-state index contributed by atoms with van der Waals surface area (Å²) in [5.41, 5.74) is 1.48. The summed E-state index contributed by atoms with van der Waals surface area (Å²) in [6, 6.07) is 17.6. The van der Waals surface area contributed by atoms with Crippen LogP contribution in [0.1, 0.15) is 48.0 Å². The highest BCUT2D eigenvalue weighted by Gasteiger charge is 2.41. The number of ether oxygens (including phenoxy) is 2. The Morgan fingerprint density at radius 3 is 2.23 bits per heavy atom. The monoisotopic (exact) mass is 407 g/mol. The molecule has 0 saturated heterocycles. The first kappa shape index (κ1) is 22.1. The number of aromatic nitrogens is 1. The molecule has 0 saturated carbocycles. The Labute approximate surface area is 179 Å². The van der Waals surface area contributed by atoms with Crippen molar-refractivity contribution in [1.82, 2.24) is 4.57 Å². The van der Waals surface area contributed by atoms with Crippen molar-refractivity contribution >= 4 is 10.9 Å². The fourth-order valence-electron chi connectivity index (χ4n) is 3.48. The molecule has 0 fully saturated rings. The van der Waals surface area contributed by atoms with Gasteiger partial charge >= 0.3 is 0 Å². The standard InChI is InChI=1S/C26H33NO3/c1-8-18(2)29-25(3,4)26(5,6)30-21-15-13-19(14-16-21)22-17-20-11-9-10-12-23(20)27(7)24(22)28/h9-18H,8H2,1-7H3. The lowest BCUT2D eigenvalue weighted by atomic mass is 9.88. The minimum Gasteiger partial charge on any atom is -0.485 e. The summed E-state index contributed by atoms with van der Waals surface area (Å²) in [4.78, 5) is 12.9. The minimum absolute atomic E-state index is 0.00853. The quantitative estimate of drug-likeness (QED) is 0.485. The van der Waals surface area contributed by atoms with Crippen LogP contribution < -0.4 is 10.3 Å². The third-order valence-electron chi connectivity index (χ3n) is 6.19. The predicted octanol–water partition coefficient (Wildman–Crippen LogP) is 5.96. The molecule has 4 nitrogen and oxygen atoms in total. The summed E-state index contributed by atoms with van der Waals surface area (Å²) in [5, 5.41) is 1.04. The molecule has 160 valence electrons. The van der Waals surface area contributed by atoms with Gasteiger partial charge < -0.3 is 14.0 Å². The fourth-order valence-corrected chi connectivity index (χ4v) is 3.48. The molecule has 1 atom stereocenters. The van der Waals surface area contributed by atoms with Crippen LogP contribution >= 0.6 is 0 Å². The molecular formula is C26H33NO3. The van der Waals surface area contributed by atoms with E-state index in [0.29, 0.717) is 5.56 Å². The molecular weight excluding hydrogens is 374 g/mol. The van der Waals surface area contributed by atoms with E-state index in [1.165, 1.54) is 0 Å². The Bertz CT molecular complexity index is 1080. The average Bonchev–Trinajstić information content (AvgIpc) is 2.70. The van der Waals surface area contributed by atoms with Gasteiger partial charge in [0.15, 0.2) is 0 Å². The lowest BCUT2D eigenvalue weighted by Crippen LogP contribution is -2.52. The summed E-state index contributed by atoms with van der Waals surface area (Å²) >= 11 is 0. The van der Waals surface area contributed by atoms with E-state index in [1.807, 2.05) is 75.5 Å². The zero-order chi connectivity index (χ0) is 22.1. The Kier molecular flexibility index (Phi) is 6.09. The normalized spacial score (nSPS) is 13.4. The molecule has 0 radical (unpaired) electrons. The summed E-state index contributed by atoms with van der Waals surface area (Å²) in [6.45, 7) is 12.4. The number of benzene rings is 2. The molecule has 4 heteroatoms. The molecule has 1 heterocycles. The molecule has 2 aromatic carbocycles. The fraction of sp³-hybridized carbons (Fsp3) is 0.423. The molecule has 0 amide bonds. The third kappa shape index (κ3) is 4.29. The smallest absolute Gasteiger partial charge is 0.258 e. The summed E-state index contributed by atoms with van der Waals surface area (Å²) in [6.07, 6.45) is 1.11. The van der Waals surface area contributed by atoms with E-state index in [1.54, 1.807) is 4.57 Å². The summed E-state index contributed by atoms with van der Waals surface area (Å²) in [5.74, 6) is 0.752. The van der Waals surface area contributed by atoms with Gasteiger partial charge in [0.25, 0.3) is 5.56 Å². The lowest BCUT2D eigenvalue weighted by Gasteiger charge is -2.42. The van der Waals surface area contributed by atoms with Crippen LogP contribution in [0.25, 0.3) is 22.0 Å². The van der Waals surface area contributed by atoms with Crippen LogP contribution in [0, 0.1) is 0 Å². The van der Waals surface area contributed by atoms with Crippen molar-refractivity contribution in [3.05, 3.63) is 65.0 Å². The van der Waals surface area contributed by atoms with Gasteiger partial charge in [0.1, 0.15) is 17.0 Å². The van der Waals surface area contributed by atoms with Crippen molar-refractivity contribution < 1.29 is 9.47 Å². The Morgan fingerprint density at radius 1 is 0.967 bits per heavy atom. The van der Waals surface area contributed by atoms with Gasteiger partial charge in [-0.3, -0.25) is 4.79 Å². The zero-order valence-corrected chi connectivity index (χ0v) is 19.2. The van der Waals surface area contributed by atoms with Crippen molar-refractivity contribution in [2.75, 3.05) is 0 Å². The van der Waals surface area contributed by atoms with Gasteiger partial charge in [-0.25, -0.2) is 0 Å². The summed E-state index contributed by atoms with van der Waals surface area (Å²) in [7, 11) is 1.81. The third-order valence-corrected chi connectivity index (χ3v) is 6.19. The average molecular weight is 408 g/mol. The van der Waals surface area contributed by atoms with Crippen molar-refractivity contribution in [3.63, 3.8) is 0 Å². The second-order valence-electron chi connectivity index (χ2n) is 8.96. The largest absolute Gasteiger partial charge is 0.485 e. The van der Waals surface area contributed by atoms with E-state index in [2.05, 4.69) is 27.7 Å². The summed E-state index contributed by atoms with van der Waals surface area (Å²) < 4.78 is 14.2. The first-order valence-corrected chi connectivity index (χ1v) is 10.6. The van der Waals surface area contributed by atoms with Gasteiger partial charge in [-0.15, -0.1) is 0 Å². The van der Waals surface area contributed by atoms with Crippen molar-refractivity contribution in [3.8, 4) is 16.9 Å². The molecule has 1 aromatic heterocycles. The molecule has 0 bridgehead atoms. The first-order chi connectivity index (χ1) is 14.1. The van der Waals surface area contributed by atoms with Gasteiger partial charge in [-0.05, 0) is 76.3 Å². The predicted molar refractivity (Wildman–Crippen MR) is 124 cm³/mol. The molecule has 0 aliphatic rings. The number of pyridine rings is 1. The van der Waals surface area contributed by atoms with Crippen molar-refractivity contribution in [2.45, 2.75) is 65.3 Å². The number of hydrogen-bond acceptors (Lipinski definition) is 3. The highest BCUT2D eigenvalue weighted by Crippen LogP contribution is 2.33. The maximum atomic E-state index is 12.9. The molecule has 3 aromatic rings. The number of nitrogens with zero attached hydrogens (tertiary/aromatic N) is 1. The topological polar surface area (TPSA) is 40.5 Å². The number of hydrogen-bond donors (Lipinski definition) is 0. The molecule has 0 N–H and O–H groups in total.